The Hall–Kier alpha value is -3.39. The number of aromatic nitrogens is 4. The average Bonchev–Trinajstić information content (AvgIpc) is 3.39. The summed E-state index contributed by atoms with van der Waals surface area (Å²) < 4.78 is 17.6. The van der Waals surface area contributed by atoms with Crippen molar-refractivity contribution in [1.82, 2.24) is 24.0 Å². The third-order valence-corrected chi connectivity index (χ3v) is 6.36. The molecule has 3 heterocycles. The van der Waals surface area contributed by atoms with Gasteiger partial charge in [0.15, 0.2) is 0 Å². The van der Waals surface area contributed by atoms with E-state index in [1.165, 1.54) is 12.1 Å². The number of halogens is 1. The Morgan fingerprint density at radius 2 is 1.82 bits per heavy atom. The highest BCUT2D eigenvalue weighted by molar-refractivity contribution is 5.78. The van der Waals surface area contributed by atoms with Crippen LogP contribution in [0.25, 0.3) is 11.0 Å². The Kier molecular flexibility index (Phi) is 6.26. The van der Waals surface area contributed by atoms with Gasteiger partial charge in [-0.15, -0.1) is 0 Å². The van der Waals surface area contributed by atoms with Gasteiger partial charge in [0, 0.05) is 51.7 Å². The first-order chi connectivity index (χ1) is 16.2. The van der Waals surface area contributed by atoms with E-state index in [1.807, 2.05) is 54.3 Å². The van der Waals surface area contributed by atoms with Gasteiger partial charge in [-0.25, -0.2) is 14.4 Å². The first-order valence-corrected chi connectivity index (χ1v) is 11.6. The molecule has 0 spiro atoms. The standard InChI is InChI=1S/C25H30FN7/c1-31-16-12-27-24(31)28-13-17-32-14-10-21(11-15-32)29-25-30-22-4-2-3-5-23(22)33(25)18-19-6-8-20(26)9-7-19/h2-9,12,16,21H,10-11,13-15,17-18H2,1H3,(H,27,28)(H,29,30). The average molecular weight is 448 g/mol. The number of imidazole rings is 2. The van der Waals surface area contributed by atoms with Gasteiger partial charge < -0.3 is 24.7 Å². The molecule has 1 aliphatic heterocycles. The number of hydrogen-bond acceptors (Lipinski definition) is 5. The Morgan fingerprint density at radius 1 is 1.03 bits per heavy atom. The predicted octanol–water partition coefficient (Wildman–Crippen LogP) is 3.95. The van der Waals surface area contributed by atoms with Crippen LogP contribution in [0.1, 0.15) is 18.4 Å². The number of benzene rings is 2. The van der Waals surface area contributed by atoms with E-state index < -0.39 is 0 Å². The van der Waals surface area contributed by atoms with Crippen molar-refractivity contribution < 1.29 is 4.39 Å². The molecule has 2 aromatic heterocycles. The fourth-order valence-corrected chi connectivity index (χ4v) is 4.46. The van der Waals surface area contributed by atoms with Gasteiger partial charge >= 0.3 is 0 Å². The number of anilines is 2. The van der Waals surface area contributed by atoms with E-state index in [9.17, 15) is 4.39 Å². The van der Waals surface area contributed by atoms with Crippen molar-refractivity contribution >= 4 is 22.9 Å². The lowest BCUT2D eigenvalue weighted by atomic mass is 10.1. The van der Waals surface area contributed by atoms with Crippen LogP contribution in [-0.4, -0.2) is 56.2 Å². The highest BCUT2D eigenvalue weighted by Crippen LogP contribution is 2.24. The summed E-state index contributed by atoms with van der Waals surface area (Å²) in [4.78, 5) is 11.7. The molecule has 1 fully saturated rings. The zero-order chi connectivity index (χ0) is 22.6. The molecule has 1 saturated heterocycles. The molecule has 4 aromatic rings. The largest absolute Gasteiger partial charge is 0.354 e. The van der Waals surface area contributed by atoms with E-state index in [1.54, 1.807) is 0 Å². The number of nitrogens with one attached hydrogen (secondary N) is 2. The summed E-state index contributed by atoms with van der Waals surface area (Å²) in [5.41, 5.74) is 3.11. The van der Waals surface area contributed by atoms with Gasteiger partial charge in [-0.2, -0.15) is 0 Å². The highest BCUT2D eigenvalue weighted by Gasteiger charge is 2.21. The second kappa shape index (κ2) is 9.62. The van der Waals surface area contributed by atoms with Crippen molar-refractivity contribution in [2.75, 3.05) is 36.8 Å². The van der Waals surface area contributed by atoms with E-state index in [2.05, 4.69) is 31.2 Å². The molecule has 0 bridgehead atoms. The van der Waals surface area contributed by atoms with Gasteiger partial charge in [0.25, 0.3) is 0 Å². The van der Waals surface area contributed by atoms with Crippen molar-refractivity contribution in [2.45, 2.75) is 25.4 Å². The van der Waals surface area contributed by atoms with Crippen LogP contribution in [0.5, 0.6) is 0 Å². The van der Waals surface area contributed by atoms with Crippen LogP contribution in [0.3, 0.4) is 0 Å². The third-order valence-electron chi connectivity index (χ3n) is 6.36. The molecule has 2 N–H and O–H groups in total. The Morgan fingerprint density at radius 3 is 2.58 bits per heavy atom. The van der Waals surface area contributed by atoms with Crippen LogP contribution in [0, 0.1) is 5.82 Å². The van der Waals surface area contributed by atoms with E-state index in [4.69, 9.17) is 4.98 Å². The molecule has 0 aliphatic carbocycles. The van der Waals surface area contributed by atoms with Crippen LogP contribution in [-0.2, 0) is 13.6 Å². The van der Waals surface area contributed by atoms with Gasteiger partial charge in [0.2, 0.25) is 11.9 Å². The zero-order valence-electron chi connectivity index (χ0n) is 18.9. The molecule has 0 saturated carbocycles. The minimum Gasteiger partial charge on any atom is -0.354 e. The van der Waals surface area contributed by atoms with E-state index >= 15 is 0 Å². The Labute approximate surface area is 193 Å². The predicted molar refractivity (Wildman–Crippen MR) is 130 cm³/mol. The van der Waals surface area contributed by atoms with Crippen molar-refractivity contribution in [3.05, 3.63) is 72.3 Å². The van der Waals surface area contributed by atoms with Crippen molar-refractivity contribution in [3.8, 4) is 0 Å². The van der Waals surface area contributed by atoms with E-state index in [-0.39, 0.29) is 5.82 Å². The first-order valence-electron chi connectivity index (χ1n) is 11.6. The topological polar surface area (TPSA) is 62.9 Å². The van der Waals surface area contributed by atoms with Gasteiger partial charge in [0.1, 0.15) is 5.82 Å². The molecule has 33 heavy (non-hydrogen) atoms. The molecule has 1 aliphatic rings. The minimum absolute atomic E-state index is 0.213. The number of aryl methyl sites for hydroxylation is 1. The molecule has 0 unspecified atom stereocenters. The first kappa shape index (κ1) is 21.5. The van der Waals surface area contributed by atoms with Crippen molar-refractivity contribution in [2.24, 2.45) is 7.05 Å². The number of likely N-dealkylation sites (tertiary alicyclic amines) is 1. The molecule has 5 rings (SSSR count). The SMILES string of the molecule is Cn1ccnc1NCCN1CCC(Nc2nc3ccccc3n2Cc2ccc(F)cc2)CC1. The fourth-order valence-electron chi connectivity index (χ4n) is 4.46. The minimum atomic E-state index is -0.213. The molecule has 7 nitrogen and oxygen atoms in total. The van der Waals surface area contributed by atoms with E-state index in [0.29, 0.717) is 12.6 Å². The summed E-state index contributed by atoms with van der Waals surface area (Å²) in [5.74, 6) is 1.58. The van der Waals surface area contributed by atoms with Gasteiger partial charge in [-0.3, -0.25) is 0 Å². The number of piperidine rings is 1. The number of rotatable bonds is 8. The lowest BCUT2D eigenvalue weighted by molar-refractivity contribution is 0.226. The number of para-hydroxylation sites is 2. The van der Waals surface area contributed by atoms with Gasteiger partial charge in [0.05, 0.1) is 17.6 Å². The normalized spacial score (nSPS) is 15.2. The van der Waals surface area contributed by atoms with Crippen LogP contribution in [0.4, 0.5) is 16.3 Å². The van der Waals surface area contributed by atoms with Crippen molar-refractivity contribution in [3.63, 3.8) is 0 Å². The summed E-state index contributed by atoms with van der Waals surface area (Å²) in [6.07, 6.45) is 5.90. The fraction of sp³-hybridized carbons (Fsp3) is 0.360. The highest BCUT2D eigenvalue weighted by atomic mass is 19.1. The van der Waals surface area contributed by atoms with Gasteiger partial charge in [-0.1, -0.05) is 24.3 Å². The van der Waals surface area contributed by atoms with Crippen molar-refractivity contribution in [1.29, 1.82) is 0 Å². The summed E-state index contributed by atoms with van der Waals surface area (Å²) in [6.45, 7) is 4.65. The lowest BCUT2D eigenvalue weighted by Crippen LogP contribution is -2.41. The quantitative estimate of drug-likeness (QED) is 0.428. The van der Waals surface area contributed by atoms with Crippen LogP contribution < -0.4 is 10.6 Å². The maximum atomic E-state index is 13.4. The molecule has 172 valence electrons. The van der Waals surface area contributed by atoms with Crippen LogP contribution in [0.2, 0.25) is 0 Å². The maximum absolute atomic E-state index is 13.4. The second-order valence-electron chi connectivity index (χ2n) is 8.69. The van der Waals surface area contributed by atoms with E-state index in [0.717, 1.165) is 67.5 Å². The molecular formula is C25H30FN7. The Bertz CT molecular complexity index is 1190. The number of nitrogens with zero attached hydrogens (tertiary/aromatic N) is 5. The lowest BCUT2D eigenvalue weighted by Gasteiger charge is -2.32. The van der Waals surface area contributed by atoms with Gasteiger partial charge in [-0.05, 0) is 42.7 Å². The molecule has 2 aromatic carbocycles. The summed E-state index contributed by atoms with van der Waals surface area (Å²) >= 11 is 0. The summed E-state index contributed by atoms with van der Waals surface area (Å²) in [5, 5.41) is 7.10. The monoisotopic (exact) mass is 447 g/mol. The van der Waals surface area contributed by atoms with Crippen LogP contribution >= 0.6 is 0 Å². The van der Waals surface area contributed by atoms with Crippen LogP contribution in [0.15, 0.2) is 60.9 Å². The second-order valence-corrected chi connectivity index (χ2v) is 8.69. The molecule has 0 radical (unpaired) electrons. The summed E-state index contributed by atoms with van der Waals surface area (Å²) in [6, 6.07) is 15.3. The Balaban J connectivity index is 1.21. The number of hydrogen-bond donors (Lipinski definition) is 2. The smallest absolute Gasteiger partial charge is 0.204 e. The summed E-state index contributed by atoms with van der Waals surface area (Å²) in [7, 11) is 2.00. The molecular weight excluding hydrogens is 417 g/mol. The molecule has 0 amide bonds. The molecule has 8 heteroatoms. The zero-order valence-corrected chi connectivity index (χ0v) is 18.9. The third kappa shape index (κ3) is 5.01. The number of fused-ring (bicyclic) bond motifs is 1. The molecule has 0 atom stereocenters. The maximum Gasteiger partial charge on any atom is 0.204 e.